The Hall–Kier alpha value is -0.970. The first-order valence-corrected chi connectivity index (χ1v) is 6.93. The highest BCUT2D eigenvalue weighted by molar-refractivity contribution is 5.85. The third kappa shape index (κ3) is 6.46. The first-order valence-electron chi connectivity index (χ1n) is 6.93. The van der Waals surface area contributed by atoms with E-state index in [0.29, 0.717) is 6.61 Å². The fraction of sp³-hybridized carbons (Fsp3) is 0.600. The van der Waals surface area contributed by atoms with Gasteiger partial charge in [-0.25, -0.2) is 0 Å². The molecule has 20 heavy (non-hydrogen) atoms. The zero-order chi connectivity index (χ0) is 13.9. The summed E-state index contributed by atoms with van der Waals surface area (Å²) in [7, 11) is 1.66. The van der Waals surface area contributed by atoms with Crippen molar-refractivity contribution in [3.63, 3.8) is 0 Å². The van der Waals surface area contributed by atoms with Crippen molar-refractivity contribution in [3.05, 3.63) is 23.8 Å². The second-order valence-corrected chi connectivity index (χ2v) is 4.34. The van der Waals surface area contributed by atoms with Gasteiger partial charge in [0.15, 0.2) is 11.5 Å². The number of unbranched alkanes of at least 4 members (excludes halogenated alkanes) is 2. The van der Waals surface area contributed by atoms with Crippen LogP contribution in [0.25, 0.3) is 0 Å². The largest absolute Gasteiger partial charge is 0.493 e. The fourth-order valence-corrected chi connectivity index (χ4v) is 1.93. The van der Waals surface area contributed by atoms with Crippen LogP contribution in [0.2, 0.25) is 0 Å². The Morgan fingerprint density at radius 3 is 2.65 bits per heavy atom. The Morgan fingerprint density at radius 2 is 2.00 bits per heavy atom. The number of methoxy groups -OCH3 is 1. The van der Waals surface area contributed by atoms with Gasteiger partial charge in [-0.15, -0.1) is 12.4 Å². The van der Waals surface area contributed by atoms with Crippen molar-refractivity contribution in [1.82, 2.24) is 5.32 Å². The van der Waals surface area contributed by atoms with Crippen molar-refractivity contribution < 1.29 is 14.6 Å². The zero-order valence-corrected chi connectivity index (χ0v) is 13.2. The van der Waals surface area contributed by atoms with E-state index in [1.54, 1.807) is 7.11 Å². The Bertz CT molecular complexity index is 361. The SMILES string of the molecule is CCOc1c(CNCCCCCO)cccc1OC.Cl. The van der Waals surface area contributed by atoms with E-state index in [4.69, 9.17) is 14.6 Å². The molecule has 0 heterocycles. The third-order valence-corrected chi connectivity index (χ3v) is 2.90. The predicted octanol–water partition coefficient (Wildman–Crippen LogP) is 2.77. The van der Waals surface area contributed by atoms with Crippen LogP contribution in [0, 0.1) is 0 Å². The van der Waals surface area contributed by atoms with Crippen molar-refractivity contribution in [1.29, 1.82) is 0 Å². The predicted molar refractivity (Wildman–Crippen MR) is 84.1 cm³/mol. The minimum Gasteiger partial charge on any atom is -0.493 e. The molecular weight excluding hydrogens is 278 g/mol. The van der Waals surface area contributed by atoms with Gasteiger partial charge in [0.2, 0.25) is 0 Å². The van der Waals surface area contributed by atoms with E-state index in [-0.39, 0.29) is 19.0 Å². The minimum absolute atomic E-state index is 0. The molecule has 0 spiro atoms. The van der Waals surface area contributed by atoms with E-state index >= 15 is 0 Å². The van der Waals surface area contributed by atoms with Gasteiger partial charge in [-0.1, -0.05) is 12.1 Å². The van der Waals surface area contributed by atoms with Gasteiger partial charge in [0, 0.05) is 18.7 Å². The molecule has 1 rings (SSSR count). The maximum atomic E-state index is 8.70. The van der Waals surface area contributed by atoms with Crippen molar-refractivity contribution in [3.8, 4) is 11.5 Å². The molecule has 116 valence electrons. The Balaban J connectivity index is 0.00000361. The Kier molecular flexibility index (Phi) is 11.3. The molecule has 0 fully saturated rings. The van der Waals surface area contributed by atoms with E-state index in [2.05, 4.69) is 5.32 Å². The van der Waals surface area contributed by atoms with Crippen LogP contribution in [0.5, 0.6) is 11.5 Å². The highest BCUT2D eigenvalue weighted by Crippen LogP contribution is 2.30. The molecule has 0 atom stereocenters. The molecule has 0 unspecified atom stereocenters. The number of aliphatic hydroxyl groups is 1. The maximum absolute atomic E-state index is 8.70. The van der Waals surface area contributed by atoms with Crippen LogP contribution in [0.4, 0.5) is 0 Å². The molecule has 0 aliphatic rings. The number of hydrogen-bond acceptors (Lipinski definition) is 4. The van der Waals surface area contributed by atoms with Crippen molar-refractivity contribution in [2.75, 3.05) is 26.9 Å². The lowest BCUT2D eigenvalue weighted by Gasteiger charge is -2.14. The lowest BCUT2D eigenvalue weighted by atomic mass is 10.1. The van der Waals surface area contributed by atoms with Crippen LogP contribution >= 0.6 is 12.4 Å². The lowest BCUT2D eigenvalue weighted by molar-refractivity contribution is 0.282. The van der Waals surface area contributed by atoms with E-state index in [0.717, 1.165) is 49.4 Å². The zero-order valence-electron chi connectivity index (χ0n) is 12.4. The van der Waals surface area contributed by atoms with Gasteiger partial charge >= 0.3 is 0 Å². The average molecular weight is 304 g/mol. The van der Waals surface area contributed by atoms with Crippen LogP contribution in [0.1, 0.15) is 31.7 Å². The van der Waals surface area contributed by atoms with Crippen LogP contribution in [-0.2, 0) is 6.54 Å². The standard InChI is InChI=1S/C15H25NO3.ClH/c1-3-19-15-13(8-7-9-14(15)18-2)12-16-10-5-4-6-11-17;/h7-9,16-17H,3-6,10-12H2,1-2H3;1H. The van der Waals surface area contributed by atoms with Gasteiger partial charge in [0.25, 0.3) is 0 Å². The van der Waals surface area contributed by atoms with Crippen LogP contribution in [0.3, 0.4) is 0 Å². The van der Waals surface area contributed by atoms with Gasteiger partial charge in [0.1, 0.15) is 0 Å². The number of nitrogens with one attached hydrogen (secondary N) is 1. The van der Waals surface area contributed by atoms with E-state index in [9.17, 15) is 0 Å². The summed E-state index contributed by atoms with van der Waals surface area (Å²) in [4.78, 5) is 0. The van der Waals surface area contributed by atoms with E-state index < -0.39 is 0 Å². The number of aliphatic hydroxyl groups excluding tert-OH is 1. The second kappa shape index (κ2) is 11.8. The van der Waals surface area contributed by atoms with Gasteiger partial charge in [-0.3, -0.25) is 0 Å². The number of hydrogen-bond donors (Lipinski definition) is 2. The summed E-state index contributed by atoms with van der Waals surface area (Å²) in [5.74, 6) is 1.61. The molecule has 0 saturated carbocycles. The molecule has 2 N–H and O–H groups in total. The highest BCUT2D eigenvalue weighted by atomic mass is 35.5. The molecule has 4 nitrogen and oxygen atoms in total. The number of rotatable bonds is 10. The quantitative estimate of drug-likeness (QED) is 0.653. The van der Waals surface area contributed by atoms with Crippen molar-refractivity contribution >= 4 is 12.4 Å². The molecule has 1 aromatic rings. The smallest absolute Gasteiger partial charge is 0.165 e. The summed E-state index contributed by atoms with van der Waals surface area (Å²) in [6.45, 7) is 4.60. The first kappa shape index (κ1) is 19.0. The van der Waals surface area contributed by atoms with Crippen molar-refractivity contribution in [2.24, 2.45) is 0 Å². The Morgan fingerprint density at radius 1 is 1.20 bits per heavy atom. The number of halogens is 1. The molecular formula is C15H26ClNO3. The third-order valence-electron chi connectivity index (χ3n) is 2.90. The summed E-state index contributed by atoms with van der Waals surface area (Å²) in [5.41, 5.74) is 1.11. The molecule has 1 aromatic carbocycles. The average Bonchev–Trinajstić information content (AvgIpc) is 2.44. The Labute approximate surface area is 127 Å². The first-order chi connectivity index (χ1) is 9.33. The molecule has 0 aliphatic heterocycles. The summed E-state index contributed by atoms with van der Waals surface area (Å²) < 4.78 is 11.0. The monoisotopic (exact) mass is 303 g/mol. The van der Waals surface area contributed by atoms with Crippen LogP contribution < -0.4 is 14.8 Å². The topological polar surface area (TPSA) is 50.7 Å². The van der Waals surface area contributed by atoms with Crippen molar-refractivity contribution in [2.45, 2.75) is 32.7 Å². The summed E-state index contributed by atoms with van der Waals surface area (Å²) in [6, 6.07) is 5.94. The molecule has 5 heteroatoms. The van der Waals surface area contributed by atoms with E-state index in [1.165, 1.54) is 0 Å². The lowest BCUT2D eigenvalue weighted by Crippen LogP contribution is -2.15. The van der Waals surface area contributed by atoms with Gasteiger partial charge < -0.3 is 19.9 Å². The fourth-order valence-electron chi connectivity index (χ4n) is 1.93. The van der Waals surface area contributed by atoms with Gasteiger partial charge in [0.05, 0.1) is 13.7 Å². The summed E-state index contributed by atoms with van der Waals surface area (Å²) in [5, 5.41) is 12.1. The molecule has 0 saturated heterocycles. The van der Waals surface area contributed by atoms with Crippen LogP contribution in [0.15, 0.2) is 18.2 Å². The number of para-hydroxylation sites is 1. The summed E-state index contributed by atoms with van der Waals surface area (Å²) >= 11 is 0. The molecule has 0 amide bonds. The van der Waals surface area contributed by atoms with Crippen LogP contribution in [-0.4, -0.2) is 32.0 Å². The van der Waals surface area contributed by atoms with E-state index in [1.807, 2.05) is 25.1 Å². The summed E-state index contributed by atoms with van der Waals surface area (Å²) in [6.07, 6.45) is 3.01. The number of ether oxygens (including phenoxy) is 2. The number of benzene rings is 1. The maximum Gasteiger partial charge on any atom is 0.165 e. The molecule has 0 aliphatic carbocycles. The van der Waals surface area contributed by atoms with Gasteiger partial charge in [-0.2, -0.15) is 0 Å². The minimum atomic E-state index is 0. The normalized spacial score (nSPS) is 9.95. The molecule has 0 bridgehead atoms. The molecule has 0 aromatic heterocycles. The highest BCUT2D eigenvalue weighted by Gasteiger charge is 2.09. The molecule has 0 radical (unpaired) electrons. The van der Waals surface area contributed by atoms with Gasteiger partial charge in [-0.05, 0) is 38.8 Å². The second-order valence-electron chi connectivity index (χ2n) is 4.34.